The van der Waals surface area contributed by atoms with E-state index in [0.717, 1.165) is 16.6 Å². The van der Waals surface area contributed by atoms with Gasteiger partial charge in [-0.2, -0.15) is 4.98 Å². The lowest BCUT2D eigenvalue weighted by molar-refractivity contribution is 0.0549. The Bertz CT molecular complexity index is 1380. The molecule has 0 radical (unpaired) electrons. The van der Waals surface area contributed by atoms with Crippen LogP contribution in [0.4, 0.5) is 19.1 Å². The summed E-state index contributed by atoms with van der Waals surface area (Å²) >= 11 is 0. The van der Waals surface area contributed by atoms with Crippen molar-refractivity contribution in [2.45, 2.75) is 62.8 Å². The fourth-order valence-corrected chi connectivity index (χ4v) is 4.92. The number of aliphatic hydroxyl groups excluding tert-OH is 1. The molecule has 0 spiro atoms. The Morgan fingerprint density at radius 3 is 2.73 bits per heavy atom. The minimum atomic E-state index is -4.58. The Hall–Kier alpha value is -2.25. The van der Waals surface area contributed by atoms with Crippen LogP contribution in [0.25, 0.3) is 11.0 Å². The third-order valence-electron chi connectivity index (χ3n) is 5.97. The summed E-state index contributed by atoms with van der Waals surface area (Å²) in [5, 5.41) is 12.7. The van der Waals surface area contributed by atoms with Gasteiger partial charge < -0.3 is 10.4 Å². The quantitative estimate of drug-likeness (QED) is 0.653. The number of rotatable bonds is 5. The zero-order valence-corrected chi connectivity index (χ0v) is 18.2. The molecule has 0 amide bonds. The number of aliphatic hydroxyl groups is 1. The molecule has 182 valence electrons. The van der Waals surface area contributed by atoms with E-state index in [1.807, 2.05) is 0 Å². The van der Waals surface area contributed by atoms with Gasteiger partial charge in [-0.05, 0) is 38.2 Å². The van der Waals surface area contributed by atoms with Crippen molar-refractivity contribution in [1.82, 2.24) is 18.8 Å². The van der Waals surface area contributed by atoms with Crippen molar-refractivity contribution in [3.8, 4) is 0 Å². The van der Waals surface area contributed by atoms with E-state index in [1.54, 1.807) is 0 Å². The maximum atomic E-state index is 14.9. The predicted octanol–water partition coefficient (Wildman–Crippen LogP) is 1.99. The average molecular weight is 495 g/mol. The summed E-state index contributed by atoms with van der Waals surface area (Å²) in [5.41, 5.74) is -2.79. The number of hydrogen-bond donors (Lipinski definition) is 2. The van der Waals surface area contributed by atoms with Crippen molar-refractivity contribution in [3.05, 3.63) is 28.2 Å². The number of pyridine rings is 1. The zero-order valence-electron chi connectivity index (χ0n) is 22.3. The Morgan fingerprint density at radius 1 is 1.33 bits per heavy atom. The molecule has 0 aromatic carbocycles. The summed E-state index contributed by atoms with van der Waals surface area (Å²) in [6.07, 6.45) is -9.66. The number of alkyl halides is 3. The van der Waals surface area contributed by atoms with Crippen LogP contribution in [0.5, 0.6) is 0 Å². The summed E-state index contributed by atoms with van der Waals surface area (Å²) in [7, 11) is -4.58. The van der Waals surface area contributed by atoms with Crippen molar-refractivity contribution in [3.63, 3.8) is 0 Å². The number of piperidine rings is 1. The van der Waals surface area contributed by atoms with Crippen molar-refractivity contribution in [2.24, 2.45) is 0 Å². The van der Waals surface area contributed by atoms with E-state index in [-0.39, 0.29) is 62.2 Å². The SMILES string of the molecule is [2H]C1(Nc2ncc3cc(C([2H])(F)F)c(=O)n([C@H]4C[C@H](O)CC[C@@H]4F)c3n2)CCN(S(=O)(=O)C([2H])([2H])[2H])CC1. The molecule has 3 atom stereocenters. The molecule has 33 heavy (non-hydrogen) atoms. The number of aromatic nitrogens is 3. The van der Waals surface area contributed by atoms with Gasteiger partial charge in [-0.1, -0.05) is 0 Å². The summed E-state index contributed by atoms with van der Waals surface area (Å²) in [5.74, 6) is -0.232. The molecule has 2 N–H and O–H groups in total. The first-order chi connectivity index (χ1) is 17.4. The van der Waals surface area contributed by atoms with E-state index in [0.29, 0.717) is 4.57 Å². The minimum Gasteiger partial charge on any atom is -0.393 e. The summed E-state index contributed by atoms with van der Waals surface area (Å²) in [6.45, 7) is -0.554. The third-order valence-corrected chi connectivity index (χ3v) is 7.01. The van der Waals surface area contributed by atoms with Gasteiger partial charge in [-0.25, -0.2) is 30.9 Å². The van der Waals surface area contributed by atoms with Crippen LogP contribution < -0.4 is 10.9 Å². The Labute approximate surface area is 195 Å². The van der Waals surface area contributed by atoms with Crippen LogP contribution >= 0.6 is 0 Å². The molecular weight excluding hydrogens is 463 g/mol. The van der Waals surface area contributed by atoms with Gasteiger partial charge in [0.15, 0.2) is 0 Å². The van der Waals surface area contributed by atoms with Crippen LogP contribution in [-0.4, -0.2) is 69.9 Å². The van der Waals surface area contributed by atoms with Crippen LogP contribution in [0, 0.1) is 0 Å². The molecule has 2 aromatic heterocycles. The lowest BCUT2D eigenvalue weighted by Gasteiger charge is -2.32. The van der Waals surface area contributed by atoms with Crippen LogP contribution in [0.1, 0.15) is 57.0 Å². The molecule has 2 aliphatic rings. The smallest absolute Gasteiger partial charge is 0.269 e. The molecule has 2 fully saturated rings. The maximum absolute atomic E-state index is 14.9. The average Bonchev–Trinajstić information content (AvgIpc) is 2.79. The van der Waals surface area contributed by atoms with E-state index < -0.39 is 58.1 Å². The Morgan fingerprint density at radius 2 is 2.06 bits per heavy atom. The number of fused-ring (bicyclic) bond motifs is 1. The molecule has 2 aromatic rings. The first-order valence-electron chi connectivity index (χ1n) is 12.8. The van der Waals surface area contributed by atoms with E-state index in [9.17, 15) is 31.5 Å². The molecule has 13 heteroatoms. The zero-order chi connectivity index (χ0) is 28.3. The van der Waals surface area contributed by atoms with Crippen molar-refractivity contribution < 1.29 is 33.5 Å². The van der Waals surface area contributed by atoms with Crippen LogP contribution in [0.3, 0.4) is 0 Å². The monoisotopic (exact) mass is 494 g/mol. The van der Waals surface area contributed by atoms with Crippen LogP contribution in [-0.2, 0) is 10.0 Å². The molecule has 4 rings (SSSR count). The minimum absolute atomic E-state index is 0.0954. The molecule has 0 bridgehead atoms. The Balaban J connectivity index is 1.70. The second-order valence-corrected chi connectivity index (χ2v) is 9.62. The molecule has 1 saturated heterocycles. The molecular formula is C20H26F3N5O4S. The van der Waals surface area contributed by atoms with Gasteiger partial charge in [0.25, 0.3) is 12.0 Å². The van der Waals surface area contributed by atoms with Gasteiger partial charge in [0.2, 0.25) is 16.0 Å². The fourth-order valence-electron chi connectivity index (χ4n) is 4.26. The van der Waals surface area contributed by atoms with E-state index in [4.69, 9.17) is 6.85 Å². The molecule has 3 heterocycles. The first kappa shape index (κ1) is 18.1. The summed E-state index contributed by atoms with van der Waals surface area (Å²) in [6, 6.07) is -2.14. The number of nitrogens with one attached hydrogen (secondary N) is 1. The highest BCUT2D eigenvalue weighted by atomic mass is 32.2. The lowest BCUT2D eigenvalue weighted by Crippen LogP contribution is -2.42. The van der Waals surface area contributed by atoms with Crippen molar-refractivity contribution in [1.29, 1.82) is 0 Å². The maximum Gasteiger partial charge on any atom is 0.269 e. The highest BCUT2D eigenvalue weighted by Gasteiger charge is 2.34. The lowest BCUT2D eigenvalue weighted by atomic mass is 9.90. The van der Waals surface area contributed by atoms with Gasteiger partial charge in [0.1, 0.15) is 13.2 Å². The van der Waals surface area contributed by atoms with Crippen LogP contribution in [0.15, 0.2) is 17.1 Å². The van der Waals surface area contributed by atoms with E-state index in [1.165, 1.54) is 0 Å². The summed E-state index contributed by atoms with van der Waals surface area (Å²) < 4.78 is 106. The predicted molar refractivity (Wildman–Crippen MR) is 116 cm³/mol. The van der Waals surface area contributed by atoms with E-state index >= 15 is 0 Å². The van der Waals surface area contributed by atoms with Gasteiger partial charge >= 0.3 is 0 Å². The number of sulfonamides is 1. The topological polar surface area (TPSA) is 117 Å². The van der Waals surface area contributed by atoms with Crippen molar-refractivity contribution in [2.75, 3.05) is 24.6 Å². The largest absolute Gasteiger partial charge is 0.393 e. The molecule has 0 unspecified atom stereocenters. The van der Waals surface area contributed by atoms with Gasteiger partial charge in [-0.15, -0.1) is 0 Å². The Kier molecular flexibility index (Phi) is 5.04. The molecule has 1 aliphatic carbocycles. The second kappa shape index (κ2) is 9.18. The highest BCUT2D eigenvalue weighted by molar-refractivity contribution is 7.88. The normalized spacial score (nSPS) is 29.5. The third kappa shape index (κ3) is 4.99. The van der Waals surface area contributed by atoms with Crippen molar-refractivity contribution >= 4 is 27.0 Å². The first-order valence-corrected chi connectivity index (χ1v) is 11.8. The number of anilines is 1. The molecule has 1 aliphatic heterocycles. The van der Waals surface area contributed by atoms with Gasteiger partial charge in [0, 0.05) is 34.8 Å². The van der Waals surface area contributed by atoms with E-state index in [2.05, 4.69) is 15.3 Å². The highest BCUT2D eigenvalue weighted by Crippen LogP contribution is 2.33. The number of nitrogens with zero attached hydrogens (tertiary/aromatic N) is 4. The fraction of sp³-hybridized carbons (Fsp3) is 0.650. The van der Waals surface area contributed by atoms with Crippen LogP contribution in [0.2, 0.25) is 0 Å². The second-order valence-electron chi connectivity index (χ2n) is 8.15. The molecule has 1 saturated carbocycles. The number of hydrogen-bond acceptors (Lipinski definition) is 7. The van der Waals surface area contributed by atoms with Gasteiger partial charge in [-0.3, -0.25) is 9.36 Å². The standard InChI is InChI=1S/C20H26F3N5O4S/c1-33(31,32)27-6-4-12(5-7-27)25-20-24-10-11-8-14(17(22)23)19(30)28(18(11)26-20)16-9-13(29)2-3-15(16)21/h8,10,12-13,15-17,29H,2-7,9H2,1H3,(H,24,25,26)/t13-,15+,16+/m1/s1/i1D3,12D,17D. The summed E-state index contributed by atoms with van der Waals surface area (Å²) in [4.78, 5) is 21.2. The number of halogens is 3. The molecule has 9 nitrogen and oxygen atoms in total. The van der Waals surface area contributed by atoms with Gasteiger partial charge in [0.05, 0.1) is 25.3 Å².